The van der Waals surface area contributed by atoms with Crippen molar-refractivity contribution < 1.29 is 9.53 Å². The highest BCUT2D eigenvalue weighted by molar-refractivity contribution is 5.85. The molecule has 0 amide bonds. The van der Waals surface area contributed by atoms with Crippen LogP contribution in [-0.4, -0.2) is 19.1 Å². The Balaban J connectivity index is 0. The molecule has 0 aromatic heterocycles. The van der Waals surface area contributed by atoms with Gasteiger partial charge in [0.2, 0.25) is 0 Å². The zero-order valence-electron chi connectivity index (χ0n) is 5.38. The molecule has 0 spiro atoms. The van der Waals surface area contributed by atoms with Gasteiger partial charge in [-0.3, -0.25) is 10.6 Å². The van der Waals surface area contributed by atoms with Crippen molar-refractivity contribution in [1.82, 2.24) is 5.43 Å². The van der Waals surface area contributed by atoms with E-state index in [0.29, 0.717) is 0 Å². The fourth-order valence-electron chi connectivity index (χ4n) is 0.245. The average molecular weight is 155 g/mol. The smallest absolute Gasteiger partial charge is 0.323 e. The Morgan fingerprint density at radius 1 is 1.78 bits per heavy atom. The maximum atomic E-state index is 10.4. The van der Waals surface area contributed by atoms with Crippen LogP contribution >= 0.6 is 12.4 Å². The molecule has 0 unspecified atom stereocenters. The van der Waals surface area contributed by atoms with Crippen LogP contribution in [0.1, 0.15) is 6.92 Å². The maximum absolute atomic E-state index is 10.4. The van der Waals surface area contributed by atoms with Gasteiger partial charge in [-0.05, 0) is 6.92 Å². The van der Waals surface area contributed by atoms with Crippen LogP contribution in [0.25, 0.3) is 0 Å². The molecule has 0 radical (unpaired) electrons. The first-order valence-corrected chi connectivity index (χ1v) is 2.26. The Bertz CT molecular complexity index is 88.6. The molecule has 5 heteroatoms. The summed E-state index contributed by atoms with van der Waals surface area (Å²) in [5.74, 6) is 4.54. The number of hydrazine groups is 1. The normalized spacial score (nSPS) is 11.4. The quantitative estimate of drug-likeness (QED) is 0.318. The molecule has 0 aromatic rings. The number of nitrogens with one attached hydrogen (secondary N) is 1. The number of hydrogen-bond donors (Lipinski definition) is 2. The molecule has 0 aliphatic carbocycles. The first kappa shape index (κ1) is 11.5. The minimum atomic E-state index is -0.417. The lowest BCUT2D eigenvalue weighted by Crippen LogP contribution is -2.39. The molecule has 4 nitrogen and oxygen atoms in total. The molecule has 0 bridgehead atoms. The number of nitrogens with two attached hydrogens (primary N) is 1. The van der Waals surface area contributed by atoms with Gasteiger partial charge in [0.15, 0.2) is 0 Å². The molecule has 0 saturated carbocycles. The molecule has 0 heterocycles. The number of carbonyl (C=O) groups excluding carboxylic acids is 1. The number of halogens is 1. The SMILES string of the molecule is COC(=O)[C@H](C)NN.Cl. The highest BCUT2D eigenvalue weighted by Crippen LogP contribution is 1.80. The number of hydrogen-bond acceptors (Lipinski definition) is 4. The van der Waals surface area contributed by atoms with Crippen molar-refractivity contribution in [3.05, 3.63) is 0 Å². The summed E-state index contributed by atoms with van der Waals surface area (Å²) >= 11 is 0. The summed E-state index contributed by atoms with van der Waals surface area (Å²) in [5, 5.41) is 0. The second kappa shape index (κ2) is 5.81. The number of rotatable bonds is 2. The Morgan fingerprint density at radius 3 is 2.33 bits per heavy atom. The van der Waals surface area contributed by atoms with Gasteiger partial charge in [0.1, 0.15) is 6.04 Å². The van der Waals surface area contributed by atoms with E-state index in [2.05, 4.69) is 10.2 Å². The molecule has 3 N–H and O–H groups in total. The maximum Gasteiger partial charge on any atom is 0.323 e. The second-order valence-corrected chi connectivity index (χ2v) is 1.41. The van der Waals surface area contributed by atoms with Crippen molar-refractivity contribution in [2.75, 3.05) is 7.11 Å². The van der Waals surface area contributed by atoms with E-state index in [1.807, 2.05) is 0 Å². The van der Waals surface area contributed by atoms with Gasteiger partial charge in [0.05, 0.1) is 7.11 Å². The number of methoxy groups -OCH3 is 1. The average Bonchev–Trinajstić information content (AvgIpc) is 1.84. The number of esters is 1. The number of ether oxygens (including phenoxy) is 1. The minimum Gasteiger partial charge on any atom is -0.468 e. The summed E-state index contributed by atoms with van der Waals surface area (Å²) in [6.07, 6.45) is 0. The summed E-state index contributed by atoms with van der Waals surface area (Å²) in [6, 6.07) is -0.417. The van der Waals surface area contributed by atoms with E-state index in [9.17, 15) is 4.79 Å². The van der Waals surface area contributed by atoms with E-state index in [0.717, 1.165) is 0 Å². The topological polar surface area (TPSA) is 64.3 Å². The van der Waals surface area contributed by atoms with Crippen molar-refractivity contribution in [2.45, 2.75) is 13.0 Å². The predicted molar refractivity (Wildman–Crippen MR) is 36.0 cm³/mol. The molecular weight excluding hydrogens is 144 g/mol. The van der Waals surface area contributed by atoms with Crippen molar-refractivity contribution in [2.24, 2.45) is 5.84 Å². The van der Waals surface area contributed by atoms with Crippen LogP contribution in [0.5, 0.6) is 0 Å². The summed E-state index contributed by atoms with van der Waals surface area (Å²) in [6.45, 7) is 1.62. The van der Waals surface area contributed by atoms with E-state index >= 15 is 0 Å². The van der Waals surface area contributed by atoms with Gasteiger partial charge >= 0.3 is 5.97 Å². The Morgan fingerprint density at radius 2 is 2.22 bits per heavy atom. The van der Waals surface area contributed by atoms with Gasteiger partial charge in [-0.2, -0.15) is 0 Å². The molecular formula is C4H11ClN2O2. The Hall–Kier alpha value is -0.320. The van der Waals surface area contributed by atoms with Crippen LogP contribution < -0.4 is 11.3 Å². The standard InChI is InChI=1S/C4H10N2O2.ClH/c1-3(6-5)4(7)8-2;/h3,6H,5H2,1-2H3;1H/t3-;/m0./s1. The lowest BCUT2D eigenvalue weighted by Gasteiger charge is -2.04. The van der Waals surface area contributed by atoms with Gasteiger partial charge in [0.25, 0.3) is 0 Å². The molecule has 1 atom stereocenters. The largest absolute Gasteiger partial charge is 0.468 e. The molecule has 0 rings (SSSR count). The monoisotopic (exact) mass is 154 g/mol. The van der Waals surface area contributed by atoms with E-state index in [1.54, 1.807) is 6.92 Å². The third-order valence-electron chi connectivity index (χ3n) is 0.805. The van der Waals surface area contributed by atoms with Gasteiger partial charge in [-0.1, -0.05) is 0 Å². The molecule has 9 heavy (non-hydrogen) atoms. The second-order valence-electron chi connectivity index (χ2n) is 1.41. The lowest BCUT2D eigenvalue weighted by molar-refractivity contribution is -0.142. The van der Waals surface area contributed by atoms with Crippen LogP contribution in [-0.2, 0) is 9.53 Å². The minimum absolute atomic E-state index is 0. The predicted octanol–water partition coefficient (Wildman–Crippen LogP) is -0.567. The summed E-state index contributed by atoms with van der Waals surface area (Å²) in [5.41, 5.74) is 2.24. The van der Waals surface area contributed by atoms with Gasteiger partial charge < -0.3 is 4.74 Å². The van der Waals surface area contributed by atoms with Crippen LogP contribution in [0.4, 0.5) is 0 Å². The van der Waals surface area contributed by atoms with Crippen molar-refractivity contribution in [3.63, 3.8) is 0 Å². The van der Waals surface area contributed by atoms with E-state index in [1.165, 1.54) is 7.11 Å². The van der Waals surface area contributed by atoms with E-state index in [-0.39, 0.29) is 18.4 Å². The highest BCUT2D eigenvalue weighted by atomic mass is 35.5. The van der Waals surface area contributed by atoms with Crippen molar-refractivity contribution >= 4 is 18.4 Å². The molecule has 0 aliphatic heterocycles. The van der Waals surface area contributed by atoms with Crippen molar-refractivity contribution in [1.29, 1.82) is 0 Å². The zero-order valence-corrected chi connectivity index (χ0v) is 6.20. The third kappa shape index (κ3) is 4.20. The van der Waals surface area contributed by atoms with Crippen molar-refractivity contribution in [3.8, 4) is 0 Å². The lowest BCUT2D eigenvalue weighted by atomic mass is 10.4. The zero-order chi connectivity index (χ0) is 6.57. The summed E-state index contributed by atoms with van der Waals surface area (Å²) < 4.78 is 4.32. The first-order chi connectivity index (χ1) is 3.72. The van der Waals surface area contributed by atoms with Crippen LogP contribution in [0.3, 0.4) is 0 Å². The van der Waals surface area contributed by atoms with Gasteiger partial charge in [0, 0.05) is 0 Å². The Kier molecular flexibility index (Phi) is 7.41. The molecule has 0 aliphatic rings. The summed E-state index contributed by atoms with van der Waals surface area (Å²) in [4.78, 5) is 10.4. The first-order valence-electron chi connectivity index (χ1n) is 2.26. The van der Waals surface area contributed by atoms with E-state index in [4.69, 9.17) is 5.84 Å². The van der Waals surface area contributed by atoms with Crippen LogP contribution in [0, 0.1) is 0 Å². The molecule has 0 saturated heterocycles. The fourth-order valence-corrected chi connectivity index (χ4v) is 0.245. The number of carbonyl (C=O) groups is 1. The summed E-state index contributed by atoms with van der Waals surface area (Å²) in [7, 11) is 1.32. The molecule has 0 aromatic carbocycles. The van der Waals surface area contributed by atoms with Crippen LogP contribution in [0.2, 0.25) is 0 Å². The highest BCUT2D eigenvalue weighted by Gasteiger charge is 2.08. The third-order valence-corrected chi connectivity index (χ3v) is 0.805. The Labute approximate surface area is 60.1 Å². The molecule has 0 fully saturated rings. The van der Waals surface area contributed by atoms with Crippen LogP contribution in [0.15, 0.2) is 0 Å². The van der Waals surface area contributed by atoms with E-state index < -0.39 is 6.04 Å². The fraction of sp³-hybridized carbons (Fsp3) is 0.750. The van der Waals surface area contributed by atoms with Gasteiger partial charge in [-0.15, -0.1) is 12.4 Å². The molecule has 56 valence electrons. The van der Waals surface area contributed by atoms with Gasteiger partial charge in [-0.25, -0.2) is 5.43 Å².